The molecule has 6 nitrogen and oxygen atoms in total. The fourth-order valence-corrected chi connectivity index (χ4v) is 3.40. The molecule has 0 spiro atoms. The van der Waals surface area contributed by atoms with E-state index < -0.39 is 17.8 Å². The molecule has 1 aliphatic heterocycles. The van der Waals surface area contributed by atoms with E-state index in [1.54, 1.807) is 42.5 Å². The van der Waals surface area contributed by atoms with Gasteiger partial charge in [-0.25, -0.2) is 9.69 Å². The normalized spacial score (nSPS) is 15.6. The van der Waals surface area contributed by atoms with Crippen LogP contribution in [0, 0.1) is 6.92 Å². The standard InChI is InChI=1S/C22H14BrClN2O4/c1-12-2-3-13(10-18(12)24)19-9-8-16(30-19)11-17-20(27)25-22(29)26(21(17)28)15-6-4-14(23)5-7-15/h2-11H,1H3,(H,25,27,29)/b17-11+. The average molecular weight is 486 g/mol. The zero-order chi connectivity index (χ0) is 21.4. The maximum Gasteiger partial charge on any atom is 0.335 e. The summed E-state index contributed by atoms with van der Waals surface area (Å²) in [6, 6.07) is 14.7. The number of furan rings is 1. The third-order valence-corrected chi connectivity index (χ3v) is 5.49. The van der Waals surface area contributed by atoms with Gasteiger partial charge in [0, 0.05) is 15.1 Å². The zero-order valence-electron chi connectivity index (χ0n) is 15.6. The van der Waals surface area contributed by atoms with Gasteiger partial charge >= 0.3 is 6.03 Å². The fourth-order valence-electron chi connectivity index (χ4n) is 2.96. The number of hydrogen-bond donors (Lipinski definition) is 1. The van der Waals surface area contributed by atoms with E-state index in [0.717, 1.165) is 20.5 Å². The van der Waals surface area contributed by atoms with Crippen molar-refractivity contribution in [3.05, 3.63) is 81.0 Å². The summed E-state index contributed by atoms with van der Waals surface area (Å²) in [5, 5.41) is 2.79. The van der Waals surface area contributed by atoms with E-state index >= 15 is 0 Å². The van der Waals surface area contributed by atoms with E-state index in [9.17, 15) is 14.4 Å². The van der Waals surface area contributed by atoms with Crippen LogP contribution in [-0.4, -0.2) is 17.8 Å². The maximum absolute atomic E-state index is 12.9. The Balaban J connectivity index is 1.67. The molecular weight excluding hydrogens is 472 g/mol. The molecule has 0 aliphatic carbocycles. The predicted molar refractivity (Wildman–Crippen MR) is 117 cm³/mol. The number of carbonyl (C=O) groups is 3. The minimum atomic E-state index is -0.807. The van der Waals surface area contributed by atoms with Crippen molar-refractivity contribution in [3.63, 3.8) is 0 Å². The molecule has 1 aromatic heterocycles. The number of rotatable bonds is 3. The molecule has 0 radical (unpaired) electrons. The molecule has 8 heteroatoms. The highest BCUT2D eigenvalue weighted by Gasteiger charge is 2.37. The van der Waals surface area contributed by atoms with Crippen molar-refractivity contribution in [1.82, 2.24) is 5.32 Å². The largest absolute Gasteiger partial charge is 0.457 e. The summed E-state index contributed by atoms with van der Waals surface area (Å²) in [5.41, 5.74) is 1.84. The van der Waals surface area contributed by atoms with Crippen LogP contribution in [0.4, 0.5) is 10.5 Å². The first kappa shape index (κ1) is 20.1. The van der Waals surface area contributed by atoms with Crippen molar-refractivity contribution in [2.75, 3.05) is 4.90 Å². The highest BCUT2D eigenvalue weighted by Crippen LogP contribution is 2.29. The number of benzene rings is 2. The molecule has 4 rings (SSSR count). The minimum absolute atomic E-state index is 0.208. The van der Waals surface area contributed by atoms with E-state index in [1.165, 1.54) is 6.08 Å². The fraction of sp³-hybridized carbons (Fsp3) is 0.0455. The lowest BCUT2D eigenvalue weighted by molar-refractivity contribution is -0.122. The quantitative estimate of drug-likeness (QED) is 0.401. The van der Waals surface area contributed by atoms with Crippen LogP contribution in [-0.2, 0) is 9.59 Å². The molecular formula is C22H14BrClN2O4. The van der Waals surface area contributed by atoms with Gasteiger partial charge in [-0.05, 0) is 61.0 Å². The van der Waals surface area contributed by atoms with Gasteiger partial charge in [0.15, 0.2) is 0 Å². The van der Waals surface area contributed by atoms with Gasteiger partial charge in [0.05, 0.1) is 5.69 Å². The molecule has 150 valence electrons. The van der Waals surface area contributed by atoms with Crippen LogP contribution >= 0.6 is 27.5 Å². The Morgan fingerprint density at radius 2 is 1.77 bits per heavy atom. The summed E-state index contributed by atoms with van der Waals surface area (Å²) >= 11 is 9.48. The number of nitrogens with one attached hydrogen (secondary N) is 1. The van der Waals surface area contributed by atoms with Gasteiger partial charge in [-0.2, -0.15) is 0 Å². The summed E-state index contributed by atoms with van der Waals surface area (Å²) in [7, 11) is 0. The van der Waals surface area contributed by atoms with Crippen molar-refractivity contribution in [1.29, 1.82) is 0 Å². The molecule has 1 saturated heterocycles. The van der Waals surface area contributed by atoms with Gasteiger partial charge in [0.25, 0.3) is 11.8 Å². The number of aryl methyl sites for hydroxylation is 1. The first-order valence-corrected chi connectivity index (χ1v) is 10.0. The van der Waals surface area contributed by atoms with Crippen molar-refractivity contribution in [2.45, 2.75) is 6.92 Å². The van der Waals surface area contributed by atoms with Gasteiger partial charge in [0.2, 0.25) is 0 Å². The SMILES string of the molecule is Cc1ccc(-c2ccc(/C=C3\C(=O)NC(=O)N(c4ccc(Br)cc4)C3=O)o2)cc1Cl. The third-order valence-electron chi connectivity index (χ3n) is 4.56. The predicted octanol–water partition coefficient (Wildman–Crippen LogP) is 5.34. The Labute approximate surface area is 185 Å². The number of halogens is 2. The molecule has 30 heavy (non-hydrogen) atoms. The Bertz CT molecular complexity index is 1210. The number of anilines is 1. The summed E-state index contributed by atoms with van der Waals surface area (Å²) in [4.78, 5) is 38.3. The number of imide groups is 2. The molecule has 2 heterocycles. The van der Waals surface area contributed by atoms with Crippen LogP contribution in [0.3, 0.4) is 0 Å². The smallest absolute Gasteiger partial charge is 0.335 e. The number of carbonyl (C=O) groups excluding carboxylic acids is 3. The van der Waals surface area contributed by atoms with E-state index in [1.807, 2.05) is 19.1 Å². The lowest BCUT2D eigenvalue weighted by Crippen LogP contribution is -2.54. The Kier molecular flexibility index (Phi) is 5.32. The second kappa shape index (κ2) is 7.93. The summed E-state index contributed by atoms with van der Waals surface area (Å²) in [5.74, 6) is -0.685. The van der Waals surface area contributed by atoms with Gasteiger partial charge in [-0.15, -0.1) is 0 Å². The number of urea groups is 1. The van der Waals surface area contributed by atoms with Crippen LogP contribution < -0.4 is 10.2 Å². The number of amides is 4. The average Bonchev–Trinajstić information content (AvgIpc) is 3.17. The molecule has 3 aromatic rings. The first-order chi connectivity index (χ1) is 14.3. The monoisotopic (exact) mass is 484 g/mol. The summed E-state index contributed by atoms with van der Waals surface area (Å²) in [6.45, 7) is 1.90. The second-order valence-corrected chi connectivity index (χ2v) is 7.92. The van der Waals surface area contributed by atoms with Crippen LogP contribution in [0.2, 0.25) is 5.02 Å². The van der Waals surface area contributed by atoms with Crippen molar-refractivity contribution in [2.24, 2.45) is 0 Å². The number of nitrogens with zero attached hydrogens (tertiary/aromatic N) is 1. The Morgan fingerprint density at radius 1 is 1.03 bits per heavy atom. The molecule has 0 unspecified atom stereocenters. The lowest BCUT2D eigenvalue weighted by atomic mass is 10.1. The minimum Gasteiger partial charge on any atom is -0.457 e. The molecule has 0 saturated carbocycles. The Morgan fingerprint density at radius 3 is 2.47 bits per heavy atom. The summed E-state index contributed by atoms with van der Waals surface area (Å²) in [6.07, 6.45) is 1.31. The second-order valence-electron chi connectivity index (χ2n) is 6.60. The van der Waals surface area contributed by atoms with Crippen LogP contribution in [0.25, 0.3) is 17.4 Å². The summed E-state index contributed by atoms with van der Waals surface area (Å²) < 4.78 is 6.56. The van der Waals surface area contributed by atoms with Gasteiger partial charge < -0.3 is 4.42 Å². The zero-order valence-corrected chi connectivity index (χ0v) is 18.0. The number of hydrogen-bond acceptors (Lipinski definition) is 4. The molecule has 2 aromatic carbocycles. The van der Waals surface area contributed by atoms with E-state index in [2.05, 4.69) is 21.2 Å². The van der Waals surface area contributed by atoms with E-state index in [4.69, 9.17) is 16.0 Å². The molecule has 1 N–H and O–H groups in total. The van der Waals surface area contributed by atoms with Crippen molar-refractivity contribution in [3.8, 4) is 11.3 Å². The highest BCUT2D eigenvalue weighted by atomic mass is 79.9. The van der Waals surface area contributed by atoms with Crippen LogP contribution in [0.5, 0.6) is 0 Å². The molecule has 1 aliphatic rings. The lowest BCUT2D eigenvalue weighted by Gasteiger charge is -2.26. The first-order valence-electron chi connectivity index (χ1n) is 8.87. The van der Waals surface area contributed by atoms with Crippen LogP contribution in [0.1, 0.15) is 11.3 Å². The molecule has 0 atom stereocenters. The van der Waals surface area contributed by atoms with Crippen molar-refractivity contribution < 1.29 is 18.8 Å². The topological polar surface area (TPSA) is 79.6 Å². The Hall–Kier alpha value is -3.16. The van der Waals surface area contributed by atoms with E-state index in [-0.39, 0.29) is 5.57 Å². The van der Waals surface area contributed by atoms with Crippen molar-refractivity contribution >= 4 is 57.1 Å². The van der Waals surface area contributed by atoms with Gasteiger partial charge in [0.1, 0.15) is 17.1 Å². The van der Waals surface area contributed by atoms with E-state index in [0.29, 0.717) is 22.2 Å². The van der Waals surface area contributed by atoms with Gasteiger partial charge in [-0.3, -0.25) is 14.9 Å². The third kappa shape index (κ3) is 3.81. The molecule has 4 amide bonds. The highest BCUT2D eigenvalue weighted by molar-refractivity contribution is 9.10. The van der Waals surface area contributed by atoms with Crippen LogP contribution in [0.15, 0.2) is 69.1 Å². The number of barbiturate groups is 1. The van der Waals surface area contributed by atoms with Gasteiger partial charge in [-0.1, -0.05) is 39.7 Å². The maximum atomic E-state index is 12.9. The molecule has 0 bridgehead atoms. The molecule has 1 fully saturated rings.